The third kappa shape index (κ3) is 2.34. The van der Waals surface area contributed by atoms with Crippen molar-refractivity contribution in [3.05, 3.63) is 17.5 Å². The molecular weight excluding hydrogens is 212 g/mol. The second kappa shape index (κ2) is 4.26. The smallest absolute Gasteiger partial charge is 0.354 e. The lowest BCUT2D eigenvalue weighted by molar-refractivity contribution is 0.0685. The van der Waals surface area contributed by atoms with Crippen molar-refractivity contribution in [2.24, 2.45) is 13.0 Å². The number of carbonyl (C=O) groups is 1. The van der Waals surface area contributed by atoms with Crippen LogP contribution in [0.15, 0.2) is 6.07 Å². The zero-order valence-corrected chi connectivity index (χ0v) is 9.46. The molecule has 1 saturated heterocycles. The van der Waals surface area contributed by atoms with Crippen LogP contribution >= 0.6 is 11.8 Å². The monoisotopic (exact) mass is 226 g/mol. The van der Waals surface area contributed by atoms with Crippen LogP contribution in [-0.4, -0.2) is 32.4 Å². The lowest BCUT2D eigenvalue weighted by atomic mass is 10.0. The Morgan fingerprint density at radius 1 is 1.80 bits per heavy atom. The van der Waals surface area contributed by atoms with Gasteiger partial charge in [-0.1, -0.05) is 0 Å². The summed E-state index contributed by atoms with van der Waals surface area (Å²) in [5.41, 5.74) is 1.18. The SMILES string of the molecule is Cn1nc(CC2CCSC2)cc1C(=O)O. The summed E-state index contributed by atoms with van der Waals surface area (Å²) in [5, 5.41) is 13.1. The fourth-order valence-corrected chi connectivity index (χ4v) is 3.15. The van der Waals surface area contributed by atoms with Gasteiger partial charge in [0.2, 0.25) is 0 Å². The third-order valence-electron chi connectivity index (χ3n) is 2.67. The van der Waals surface area contributed by atoms with Crippen LogP contribution in [0, 0.1) is 5.92 Å². The Labute approximate surface area is 92.7 Å². The molecule has 0 amide bonds. The molecule has 1 aliphatic rings. The zero-order chi connectivity index (χ0) is 10.8. The summed E-state index contributed by atoms with van der Waals surface area (Å²) in [6.07, 6.45) is 2.14. The van der Waals surface area contributed by atoms with Crippen molar-refractivity contribution in [1.82, 2.24) is 9.78 Å². The maximum absolute atomic E-state index is 10.8. The second-order valence-corrected chi connectivity index (χ2v) is 5.03. The molecule has 1 aliphatic heterocycles. The minimum Gasteiger partial charge on any atom is -0.477 e. The van der Waals surface area contributed by atoms with Crippen LogP contribution in [-0.2, 0) is 13.5 Å². The van der Waals surface area contributed by atoms with Crippen molar-refractivity contribution in [1.29, 1.82) is 0 Å². The van der Waals surface area contributed by atoms with Gasteiger partial charge in [-0.15, -0.1) is 0 Å². The first-order valence-electron chi connectivity index (χ1n) is 5.01. The number of aryl methyl sites for hydroxylation is 1. The number of hydrogen-bond acceptors (Lipinski definition) is 3. The molecule has 82 valence electrons. The molecule has 0 aliphatic carbocycles. The quantitative estimate of drug-likeness (QED) is 0.846. The van der Waals surface area contributed by atoms with E-state index in [9.17, 15) is 4.79 Å². The molecule has 0 aromatic carbocycles. The maximum atomic E-state index is 10.8. The molecule has 0 spiro atoms. The average Bonchev–Trinajstić information content (AvgIpc) is 2.75. The second-order valence-electron chi connectivity index (χ2n) is 3.88. The van der Waals surface area contributed by atoms with Gasteiger partial charge in [-0.2, -0.15) is 16.9 Å². The van der Waals surface area contributed by atoms with Crippen LogP contribution in [0.2, 0.25) is 0 Å². The summed E-state index contributed by atoms with van der Waals surface area (Å²) in [4.78, 5) is 10.8. The summed E-state index contributed by atoms with van der Waals surface area (Å²) in [6.45, 7) is 0. The average molecular weight is 226 g/mol. The Morgan fingerprint density at radius 3 is 3.13 bits per heavy atom. The Balaban J connectivity index is 2.08. The van der Waals surface area contributed by atoms with Crippen molar-refractivity contribution in [3.63, 3.8) is 0 Å². The summed E-state index contributed by atoms with van der Waals surface area (Å²) in [7, 11) is 1.68. The van der Waals surface area contributed by atoms with Crippen LogP contribution in [0.1, 0.15) is 22.6 Å². The first-order valence-corrected chi connectivity index (χ1v) is 6.16. The standard InChI is InChI=1S/C10H14N2O2S/c1-12-9(10(13)14)5-8(11-12)4-7-2-3-15-6-7/h5,7H,2-4,6H2,1H3,(H,13,14). The van der Waals surface area contributed by atoms with E-state index in [1.54, 1.807) is 13.1 Å². The van der Waals surface area contributed by atoms with E-state index in [-0.39, 0.29) is 5.69 Å². The van der Waals surface area contributed by atoms with Gasteiger partial charge in [-0.25, -0.2) is 4.79 Å². The van der Waals surface area contributed by atoms with Gasteiger partial charge >= 0.3 is 5.97 Å². The van der Waals surface area contributed by atoms with Crippen LogP contribution in [0.25, 0.3) is 0 Å². The fraction of sp³-hybridized carbons (Fsp3) is 0.600. The first-order chi connectivity index (χ1) is 7.16. The topological polar surface area (TPSA) is 55.1 Å². The van der Waals surface area contributed by atoms with E-state index in [1.807, 2.05) is 11.8 Å². The van der Waals surface area contributed by atoms with Gasteiger partial charge in [0.25, 0.3) is 0 Å². The first kappa shape index (κ1) is 10.5. The lowest BCUT2D eigenvalue weighted by Crippen LogP contribution is -2.05. The molecule has 0 bridgehead atoms. The lowest BCUT2D eigenvalue weighted by Gasteiger charge is -2.03. The maximum Gasteiger partial charge on any atom is 0.354 e. The molecule has 1 fully saturated rings. The molecule has 0 radical (unpaired) electrons. The summed E-state index contributed by atoms with van der Waals surface area (Å²) in [5.74, 6) is 2.17. The number of carboxylic acid groups (broad SMARTS) is 1. The summed E-state index contributed by atoms with van der Waals surface area (Å²) < 4.78 is 1.44. The molecule has 1 aromatic rings. The van der Waals surface area contributed by atoms with Crippen LogP contribution in [0.5, 0.6) is 0 Å². The van der Waals surface area contributed by atoms with Crippen LogP contribution in [0.3, 0.4) is 0 Å². The minimum atomic E-state index is -0.906. The van der Waals surface area contributed by atoms with Crippen molar-refractivity contribution < 1.29 is 9.90 Å². The Morgan fingerprint density at radius 2 is 2.60 bits per heavy atom. The van der Waals surface area contributed by atoms with Gasteiger partial charge in [-0.05, 0) is 36.3 Å². The van der Waals surface area contributed by atoms with E-state index in [2.05, 4.69) is 5.10 Å². The summed E-state index contributed by atoms with van der Waals surface area (Å²) in [6, 6.07) is 1.69. The molecule has 1 aromatic heterocycles. The molecule has 2 rings (SSSR count). The molecule has 1 atom stereocenters. The number of hydrogen-bond donors (Lipinski definition) is 1. The van der Waals surface area contributed by atoms with Gasteiger partial charge in [0.15, 0.2) is 0 Å². The molecule has 1 unspecified atom stereocenters. The predicted molar refractivity (Wildman–Crippen MR) is 59.3 cm³/mol. The molecular formula is C10H14N2O2S. The van der Waals surface area contributed by atoms with Crippen molar-refractivity contribution in [2.75, 3.05) is 11.5 Å². The zero-order valence-electron chi connectivity index (χ0n) is 8.64. The van der Waals surface area contributed by atoms with E-state index >= 15 is 0 Å². The normalized spacial score (nSPS) is 20.7. The van der Waals surface area contributed by atoms with E-state index < -0.39 is 5.97 Å². The highest BCUT2D eigenvalue weighted by molar-refractivity contribution is 7.99. The molecule has 15 heavy (non-hydrogen) atoms. The van der Waals surface area contributed by atoms with Crippen LogP contribution in [0.4, 0.5) is 0 Å². The van der Waals surface area contributed by atoms with Gasteiger partial charge in [0.05, 0.1) is 5.69 Å². The van der Waals surface area contributed by atoms with Gasteiger partial charge in [-0.3, -0.25) is 4.68 Å². The predicted octanol–water partition coefficient (Wildman–Crippen LogP) is 1.41. The number of nitrogens with zero attached hydrogens (tertiary/aromatic N) is 2. The number of rotatable bonds is 3. The molecule has 4 nitrogen and oxygen atoms in total. The van der Waals surface area contributed by atoms with Crippen molar-refractivity contribution >= 4 is 17.7 Å². The molecule has 0 saturated carbocycles. The van der Waals surface area contributed by atoms with E-state index in [1.165, 1.54) is 22.6 Å². The van der Waals surface area contributed by atoms with Crippen molar-refractivity contribution in [3.8, 4) is 0 Å². The Bertz CT molecular complexity index is 369. The molecule has 1 N–H and O–H groups in total. The number of aromatic carboxylic acids is 1. The van der Waals surface area contributed by atoms with E-state index in [4.69, 9.17) is 5.11 Å². The highest BCUT2D eigenvalue weighted by Gasteiger charge is 2.19. The number of thioether (sulfide) groups is 1. The minimum absolute atomic E-state index is 0.274. The van der Waals surface area contributed by atoms with Crippen molar-refractivity contribution in [2.45, 2.75) is 12.8 Å². The number of carboxylic acids is 1. The van der Waals surface area contributed by atoms with Gasteiger partial charge < -0.3 is 5.11 Å². The highest BCUT2D eigenvalue weighted by atomic mass is 32.2. The largest absolute Gasteiger partial charge is 0.477 e. The van der Waals surface area contributed by atoms with E-state index in [0.29, 0.717) is 5.92 Å². The third-order valence-corrected chi connectivity index (χ3v) is 3.90. The number of aromatic nitrogens is 2. The molecule has 5 heteroatoms. The Hall–Kier alpha value is -0.970. The van der Waals surface area contributed by atoms with Crippen LogP contribution < -0.4 is 0 Å². The summed E-state index contributed by atoms with van der Waals surface area (Å²) >= 11 is 1.97. The fourth-order valence-electron chi connectivity index (χ4n) is 1.87. The Kier molecular flexibility index (Phi) is 3.00. The van der Waals surface area contributed by atoms with Gasteiger partial charge in [0, 0.05) is 7.05 Å². The molecule has 2 heterocycles. The highest BCUT2D eigenvalue weighted by Crippen LogP contribution is 2.26. The van der Waals surface area contributed by atoms with Gasteiger partial charge in [0.1, 0.15) is 5.69 Å². The van der Waals surface area contributed by atoms with E-state index in [0.717, 1.165) is 12.1 Å².